The number of fused-ring (bicyclic) bond motifs is 2. The van der Waals surface area contributed by atoms with E-state index in [1.165, 1.54) is 19.3 Å². The lowest BCUT2D eigenvalue weighted by atomic mass is 10.0. The van der Waals surface area contributed by atoms with Crippen molar-refractivity contribution < 1.29 is 4.74 Å². The molecule has 1 aliphatic heterocycles. The lowest BCUT2D eigenvalue weighted by Crippen LogP contribution is -2.11. The molecule has 2 aliphatic rings. The van der Waals surface area contributed by atoms with Gasteiger partial charge in [0.25, 0.3) is 0 Å². The molecule has 100 valence electrons. The Labute approximate surface area is 111 Å². The minimum Gasteiger partial charge on any atom is -0.383 e. The molecule has 2 aromatic heterocycles. The van der Waals surface area contributed by atoms with E-state index < -0.39 is 0 Å². The summed E-state index contributed by atoms with van der Waals surface area (Å²) < 4.78 is 8.30. The van der Waals surface area contributed by atoms with Gasteiger partial charge < -0.3 is 15.0 Å². The van der Waals surface area contributed by atoms with Crippen LogP contribution in [-0.4, -0.2) is 20.6 Å². The van der Waals surface area contributed by atoms with Crippen LogP contribution in [0.2, 0.25) is 0 Å². The molecule has 3 unspecified atom stereocenters. The molecule has 5 heteroatoms. The molecule has 0 bridgehead atoms. The van der Waals surface area contributed by atoms with Crippen molar-refractivity contribution in [2.75, 3.05) is 5.73 Å². The van der Waals surface area contributed by atoms with E-state index in [-0.39, 0.29) is 6.23 Å². The summed E-state index contributed by atoms with van der Waals surface area (Å²) in [4.78, 5) is 8.74. The zero-order valence-electron chi connectivity index (χ0n) is 11.0. The maximum atomic E-state index is 6.18. The molecule has 5 nitrogen and oxygen atoms in total. The van der Waals surface area contributed by atoms with Crippen LogP contribution >= 0.6 is 0 Å². The Bertz CT molecular complexity index is 624. The Morgan fingerprint density at radius 2 is 2.26 bits per heavy atom. The standard InChI is InChI=1S/C14H18N4O/c1-8-16-13(15)10-5-6-18(14(10)17-8)12-7-9-3-2-4-11(9)19-12/h5-6,9,11-12H,2-4,7H2,1H3,(H2,15,16,17). The van der Waals surface area contributed by atoms with Crippen LogP contribution in [0.4, 0.5) is 5.82 Å². The van der Waals surface area contributed by atoms with Gasteiger partial charge in [-0.15, -0.1) is 0 Å². The van der Waals surface area contributed by atoms with E-state index in [0.717, 1.165) is 23.4 Å². The molecular weight excluding hydrogens is 240 g/mol. The van der Waals surface area contributed by atoms with Crippen LogP contribution in [0.25, 0.3) is 11.0 Å². The summed E-state index contributed by atoms with van der Waals surface area (Å²) >= 11 is 0. The van der Waals surface area contributed by atoms with E-state index in [4.69, 9.17) is 10.5 Å². The number of hydrogen-bond acceptors (Lipinski definition) is 4. The third kappa shape index (κ3) is 1.64. The van der Waals surface area contributed by atoms with Crippen molar-refractivity contribution >= 4 is 16.9 Å². The second-order valence-electron chi connectivity index (χ2n) is 5.67. The van der Waals surface area contributed by atoms with Crippen LogP contribution in [0, 0.1) is 12.8 Å². The molecule has 0 aromatic carbocycles. The van der Waals surface area contributed by atoms with Crippen LogP contribution in [0.15, 0.2) is 12.3 Å². The van der Waals surface area contributed by atoms with Crippen molar-refractivity contribution in [2.45, 2.75) is 44.9 Å². The second kappa shape index (κ2) is 3.93. The molecule has 0 radical (unpaired) electrons. The molecule has 4 rings (SSSR count). The first-order chi connectivity index (χ1) is 9.22. The van der Waals surface area contributed by atoms with Gasteiger partial charge in [0.15, 0.2) is 0 Å². The van der Waals surface area contributed by atoms with Gasteiger partial charge in [0.05, 0.1) is 11.5 Å². The predicted octanol–water partition coefficient (Wildman–Crippen LogP) is 2.41. The first kappa shape index (κ1) is 11.2. The number of nitrogens with zero attached hydrogens (tertiary/aromatic N) is 3. The van der Waals surface area contributed by atoms with E-state index in [1.54, 1.807) is 0 Å². The summed E-state index contributed by atoms with van der Waals surface area (Å²) in [6.45, 7) is 1.87. The highest BCUT2D eigenvalue weighted by molar-refractivity contribution is 5.86. The maximum absolute atomic E-state index is 6.18. The Balaban J connectivity index is 1.76. The van der Waals surface area contributed by atoms with Gasteiger partial charge in [0.1, 0.15) is 23.5 Å². The van der Waals surface area contributed by atoms with Gasteiger partial charge in [-0.1, -0.05) is 6.42 Å². The molecule has 1 aliphatic carbocycles. The van der Waals surface area contributed by atoms with Gasteiger partial charge in [0, 0.05) is 6.20 Å². The Kier molecular flexibility index (Phi) is 2.33. The Morgan fingerprint density at radius 3 is 3.11 bits per heavy atom. The molecule has 0 spiro atoms. The van der Waals surface area contributed by atoms with Gasteiger partial charge in [-0.25, -0.2) is 9.97 Å². The fourth-order valence-corrected chi connectivity index (χ4v) is 3.55. The average Bonchev–Trinajstić information content (AvgIpc) is 2.98. The number of anilines is 1. The van der Waals surface area contributed by atoms with Crippen molar-refractivity contribution in [3.8, 4) is 0 Å². The van der Waals surface area contributed by atoms with Gasteiger partial charge >= 0.3 is 0 Å². The third-order valence-corrected chi connectivity index (χ3v) is 4.45. The molecule has 2 fully saturated rings. The van der Waals surface area contributed by atoms with Crippen LogP contribution < -0.4 is 5.73 Å². The first-order valence-electron chi connectivity index (χ1n) is 6.98. The molecule has 2 aromatic rings. The van der Waals surface area contributed by atoms with E-state index in [2.05, 4.69) is 14.5 Å². The molecule has 3 atom stereocenters. The summed E-state index contributed by atoms with van der Waals surface area (Å²) in [5.74, 6) is 1.99. The molecule has 19 heavy (non-hydrogen) atoms. The zero-order valence-corrected chi connectivity index (χ0v) is 11.0. The smallest absolute Gasteiger partial charge is 0.147 e. The number of ether oxygens (including phenoxy) is 1. The first-order valence-corrected chi connectivity index (χ1v) is 6.98. The average molecular weight is 258 g/mol. The van der Waals surface area contributed by atoms with Crippen molar-refractivity contribution in [3.63, 3.8) is 0 Å². The Hall–Kier alpha value is -1.62. The number of hydrogen-bond donors (Lipinski definition) is 1. The number of nitrogens with two attached hydrogens (primary N) is 1. The predicted molar refractivity (Wildman–Crippen MR) is 72.5 cm³/mol. The lowest BCUT2D eigenvalue weighted by molar-refractivity contribution is 0.00200. The SMILES string of the molecule is Cc1nc(N)c2ccn(C3CC4CCCC4O3)c2n1. The molecule has 0 amide bonds. The lowest BCUT2D eigenvalue weighted by Gasteiger charge is -2.15. The minimum absolute atomic E-state index is 0.112. The number of aromatic nitrogens is 3. The topological polar surface area (TPSA) is 66.0 Å². The summed E-state index contributed by atoms with van der Waals surface area (Å²) in [5, 5.41) is 0.922. The van der Waals surface area contributed by atoms with Crippen molar-refractivity contribution in [1.29, 1.82) is 0 Å². The van der Waals surface area contributed by atoms with Crippen LogP contribution in [0.1, 0.15) is 37.7 Å². The van der Waals surface area contributed by atoms with Gasteiger partial charge in [-0.05, 0) is 38.2 Å². The third-order valence-electron chi connectivity index (χ3n) is 4.45. The van der Waals surface area contributed by atoms with E-state index in [1.807, 2.05) is 19.2 Å². The highest BCUT2D eigenvalue weighted by Gasteiger charge is 2.39. The quantitative estimate of drug-likeness (QED) is 0.853. The highest BCUT2D eigenvalue weighted by Crippen LogP contribution is 2.43. The zero-order chi connectivity index (χ0) is 13.0. The molecular formula is C14H18N4O. The van der Waals surface area contributed by atoms with E-state index in [0.29, 0.717) is 17.7 Å². The van der Waals surface area contributed by atoms with Gasteiger partial charge in [0.2, 0.25) is 0 Å². The summed E-state index contributed by atoms with van der Waals surface area (Å²) in [5.41, 5.74) is 6.85. The summed E-state index contributed by atoms with van der Waals surface area (Å²) in [7, 11) is 0. The monoisotopic (exact) mass is 258 g/mol. The number of rotatable bonds is 1. The molecule has 2 N–H and O–H groups in total. The van der Waals surface area contributed by atoms with E-state index in [9.17, 15) is 0 Å². The maximum Gasteiger partial charge on any atom is 0.147 e. The summed E-state index contributed by atoms with van der Waals surface area (Å²) in [6.07, 6.45) is 7.50. The second-order valence-corrected chi connectivity index (χ2v) is 5.67. The molecule has 3 heterocycles. The number of aryl methyl sites for hydroxylation is 1. The summed E-state index contributed by atoms with van der Waals surface area (Å²) in [6, 6.07) is 1.99. The highest BCUT2D eigenvalue weighted by atomic mass is 16.5. The van der Waals surface area contributed by atoms with Gasteiger partial charge in [-0.3, -0.25) is 0 Å². The fraction of sp³-hybridized carbons (Fsp3) is 0.571. The fourth-order valence-electron chi connectivity index (χ4n) is 3.55. The number of nitrogen functional groups attached to an aromatic ring is 1. The van der Waals surface area contributed by atoms with Crippen LogP contribution in [-0.2, 0) is 4.74 Å². The molecule has 1 saturated heterocycles. The van der Waals surface area contributed by atoms with Crippen molar-refractivity contribution in [3.05, 3.63) is 18.1 Å². The van der Waals surface area contributed by atoms with Gasteiger partial charge in [-0.2, -0.15) is 0 Å². The molecule has 1 saturated carbocycles. The van der Waals surface area contributed by atoms with Crippen molar-refractivity contribution in [1.82, 2.24) is 14.5 Å². The van der Waals surface area contributed by atoms with Crippen LogP contribution in [0.3, 0.4) is 0 Å². The Morgan fingerprint density at radius 1 is 1.37 bits per heavy atom. The largest absolute Gasteiger partial charge is 0.383 e. The van der Waals surface area contributed by atoms with Crippen LogP contribution in [0.5, 0.6) is 0 Å². The van der Waals surface area contributed by atoms with E-state index >= 15 is 0 Å². The normalized spacial score (nSPS) is 30.1. The van der Waals surface area contributed by atoms with Crippen molar-refractivity contribution in [2.24, 2.45) is 5.92 Å². The minimum atomic E-state index is 0.112.